The number of hydrogen-bond acceptors (Lipinski definition) is 3. The van der Waals surface area contributed by atoms with Crippen LogP contribution in [0.15, 0.2) is 10.2 Å². The predicted molar refractivity (Wildman–Crippen MR) is 61.2 cm³/mol. The van der Waals surface area contributed by atoms with Gasteiger partial charge in [-0.2, -0.15) is 0 Å². The Kier molecular flexibility index (Phi) is 4.55. The topological polar surface area (TPSA) is 51.1 Å². The first-order valence-electron chi connectivity index (χ1n) is 5.06. The van der Waals surface area contributed by atoms with E-state index in [1.807, 2.05) is 19.2 Å². The molecular formula is C10H16N2O2S. The van der Waals surface area contributed by atoms with Gasteiger partial charge >= 0.3 is 4.87 Å². The lowest BCUT2D eigenvalue weighted by Crippen LogP contribution is -2.23. The molecular weight excluding hydrogens is 212 g/mol. The zero-order valence-electron chi connectivity index (χ0n) is 9.08. The molecule has 1 aromatic heterocycles. The highest BCUT2D eigenvalue weighted by molar-refractivity contribution is 7.07. The van der Waals surface area contributed by atoms with Gasteiger partial charge in [-0.25, -0.2) is 0 Å². The van der Waals surface area contributed by atoms with Crippen LogP contribution < -0.4 is 10.2 Å². The van der Waals surface area contributed by atoms with Crippen molar-refractivity contribution >= 4 is 17.2 Å². The number of nitrogens with zero attached hydrogens (tertiary/aromatic N) is 1. The summed E-state index contributed by atoms with van der Waals surface area (Å²) >= 11 is 1.21. The van der Waals surface area contributed by atoms with Crippen molar-refractivity contribution < 1.29 is 4.79 Å². The first kappa shape index (κ1) is 12.0. The van der Waals surface area contributed by atoms with E-state index in [0.717, 1.165) is 5.69 Å². The van der Waals surface area contributed by atoms with E-state index in [0.29, 0.717) is 25.9 Å². The van der Waals surface area contributed by atoms with Gasteiger partial charge in [0.15, 0.2) is 0 Å². The Balaban J connectivity index is 2.38. The molecule has 1 N–H and O–H groups in total. The van der Waals surface area contributed by atoms with Crippen molar-refractivity contribution in [2.75, 3.05) is 6.54 Å². The Morgan fingerprint density at radius 1 is 1.60 bits per heavy atom. The van der Waals surface area contributed by atoms with E-state index in [2.05, 4.69) is 5.32 Å². The van der Waals surface area contributed by atoms with Gasteiger partial charge in [0.1, 0.15) is 0 Å². The third-order valence-electron chi connectivity index (χ3n) is 2.14. The van der Waals surface area contributed by atoms with E-state index in [1.54, 1.807) is 4.57 Å². The number of aromatic nitrogens is 1. The van der Waals surface area contributed by atoms with Gasteiger partial charge in [0, 0.05) is 30.6 Å². The first-order chi connectivity index (χ1) is 7.15. The van der Waals surface area contributed by atoms with Crippen LogP contribution in [0.1, 0.15) is 25.5 Å². The number of carbonyl (C=O) groups excluding carboxylic acids is 1. The number of nitrogens with one attached hydrogen (secondary N) is 1. The molecule has 1 aromatic rings. The van der Waals surface area contributed by atoms with Crippen LogP contribution in [0.4, 0.5) is 0 Å². The minimum absolute atomic E-state index is 0.0541. The first-order valence-corrected chi connectivity index (χ1v) is 5.94. The highest BCUT2D eigenvalue weighted by atomic mass is 32.1. The molecule has 5 heteroatoms. The number of aryl methyl sites for hydroxylation is 1. The molecule has 1 rings (SSSR count). The molecule has 0 radical (unpaired) electrons. The van der Waals surface area contributed by atoms with E-state index in [9.17, 15) is 9.59 Å². The number of thiazole rings is 1. The molecule has 84 valence electrons. The van der Waals surface area contributed by atoms with Crippen LogP contribution in [-0.4, -0.2) is 17.0 Å². The summed E-state index contributed by atoms with van der Waals surface area (Å²) in [6.07, 6.45) is 1.19. The van der Waals surface area contributed by atoms with Gasteiger partial charge in [0.2, 0.25) is 5.91 Å². The Bertz CT molecular complexity index is 381. The minimum atomic E-state index is 0.0541. The quantitative estimate of drug-likeness (QED) is 0.821. The molecule has 4 nitrogen and oxygen atoms in total. The number of carbonyl (C=O) groups is 1. The van der Waals surface area contributed by atoms with E-state index in [-0.39, 0.29) is 10.8 Å². The van der Waals surface area contributed by atoms with E-state index in [1.165, 1.54) is 11.3 Å². The molecule has 0 spiro atoms. The van der Waals surface area contributed by atoms with Crippen LogP contribution in [0, 0.1) is 6.92 Å². The fourth-order valence-electron chi connectivity index (χ4n) is 1.36. The van der Waals surface area contributed by atoms with Crippen molar-refractivity contribution in [2.45, 2.75) is 33.2 Å². The SMILES string of the molecule is CCNC(=O)CCCn1c(C)csc1=O. The minimum Gasteiger partial charge on any atom is -0.356 e. The predicted octanol–water partition coefficient (Wildman–Crippen LogP) is 1.13. The average molecular weight is 228 g/mol. The van der Waals surface area contributed by atoms with Crippen LogP contribution in [0.3, 0.4) is 0 Å². The fourth-order valence-corrected chi connectivity index (χ4v) is 2.12. The third-order valence-corrected chi connectivity index (χ3v) is 3.02. The fraction of sp³-hybridized carbons (Fsp3) is 0.600. The standard InChI is InChI=1S/C10H16N2O2S/c1-3-11-9(13)5-4-6-12-8(2)7-15-10(12)14/h7H,3-6H2,1-2H3,(H,11,13). The second-order valence-corrected chi connectivity index (χ2v) is 4.17. The Labute approximate surface area is 92.9 Å². The average Bonchev–Trinajstić information content (AvgIpc) is 2.49. The van der Waals surface area contributed by atoms with Crippen molar-refractivity contribution in [1.29, 1.82) is 0 Å². The van der Waals surface area contributed by atoms with E-state index in [4.69, 9.17) is 0 Å². The molecule has 1 heterocycles. The molecule has 0 aromatic carbocycles. The normalized spacial score (nSPS) is 10.3. The summed E-state index contributed by atoms with van der Waals surface area (Å²) in [6, 6.07) is 0. The summed E-state index contributed by atoms with van der Waals surface area (Å²) in [5, 5.41) is 4.57. The van der Waals surface area contributed by atoms with Crippen LogP contribution >= 0.6 is 11.3 Å². The second-order valence-electron chi connectivity index (χ2n) is 3.35. The van der Waals surface area contributed by atoms with Gasteiger partial charge in [-0.1, -0.05) is 11.3 Å². The van der Waals surface area contributed by atoms with Gasteiger partial charge < -0.3 is 9.88 Å². The van der Waals surface area contributed by atoms with Gasteiger partial charge in [-0.3, -0.25) is 9.59 Å². The third kappa shape index (κ3) is 3.51. The van der Waals surface area contributed by atoms with Gasteiger partial charge in [0.25, 0.3) is 0 Å². The van der Waals surface area contributed by atoms with E-state index < -0.39 is 0 Å². The van der Waals surface area contributed by atoms with Crippen molar-refractivity contribution in [3.05, 3.63) is 20.7 Å². The van der Waals surface area contributed by atoms with Crippen molar-refractivity contribution in [3.63, 3.8) is 0 Å². The number of rotatable bonds is 5. The zero-order chi connectivity index (χ0) is 11.3. The largest absolute Gasteiger partial charge is 0.356 e. The molecule has 0 unspecified atom stereocenters. The Morgan fingerprint density at radius 3 is 2.87 bits per heavy atom. The monoisotopic (exact) mass is 228 g/mol. The lowest BCUT2D eigenvalue weighted by molar-refractivity contribution is -0.121. The highest BCUT2D eigenvalue weighted by Gasteiger charge is 2.03. The molecule has 0 saturated carbocycles. The smallest absolute Gasteiger partial charge is 0.307 e. The maximum atomic E-state index is 11.3. The maximum Gasteiger partial charge on any atom is 0.307 e. The van der Waals surface area contributed by atoms with Gasteiger partial charge in [0.05, 0.1) is 0 Å². The highest BCUT2D eigenvalue weighted by Crippen LogP contribution is 2.02. The summed E-state index contributed by atoms with van der Waals surface area (Å²) in [4.78, 5) is 22.5. The summed E-state index contributed by atoms with van der Waals surface area (Å²) in [6.45, 7) is 5.09. The number of hydrogen-bond donors (Lipinski definition) is 1. The summed E-state index contributed by atoms with van der Waals surface area (Å²) < 4.78 is 1.71. The van der Waals surface area contributed by atoms with Crippen LogP contribution in [0.5, 0.6) is 0 Å². The van der Waals surface area contributed by atoms with Crippen LogP contribution in [-0.2, 0) is 11.3 Å². The maximum absolute atomic E-state index is 11.3. The summed E-state index contributed by atoms with van der Waals surface area (Å²) in [7, 11) is 0. The van der Waals surface area contributed by atoms with Crippen LogP contribution in [0.2, 0.25) is 0 Å². The van der Waals surface area contributed by atoms with Crippen molar-refractivity contribution in [1.82, 2.24) is 9.88 Å². The molecule has 0 bridgehead atoms. The summed E-state index contributed by atoms with van der Waals surface area (Å²) in [5.74, 6) is 0.0541. The van der Waals surface area contributed by atoms with Crippen molar-refractivity contribution in [2.24, 2.45) is 0 Å². The zero-order valence-corrected chi connectivity index (χ0v) is 9.89. The molecule has 0 atom stereocenters. The Hall–Kier alpha value is -1.10. The molecule has 0 aliphatic carbocycles. The molecule has 0 aliphatic rings. The molecule has 15 heavy (non-hydrogen) atoms. The molecule has 1 amide bonds. The Morgan fingerprint density at radius 2 is 2.33 bits per heavy atom. The lowest BCUT2D eigenvalue weighted by Gasteiger charge is -2.04. The second kappa shape index (κ2) is 5.70. The van der Waals surface area contributed by atoms with Crippen LogP contribution in [0.25, 0.3) is 0 Å². The van der Waals surface area contributed by atoms with E-state index >= 15 is 0 Å². The van der Waals surface area contributed by atoms with Gasteiger partial charge in [-0.15, -0.1) is 0 Å². The molecule has 0 fully saturated rings. The van der Waals surface area contributed by atoms with Gasteiger partial charge in [-0.05, 0) is 20.3 Å². The summed E-state index contributed by atoms with van der Waals surface area (Å²) in [5.41, 5.74) is 0.973. The van der Waals surface area contributed by atoms with Crippen molar-refractivity contribution in [3.8, 4) is 0 Å². The lowest BCUT2D eigenvalue weighted by atomic mass is 10.3. The number of amides is 1. The molecule has 0 saturated heterocycles. The molecule has 0 aliphatic heterocycles.